The van der Waals surface area contributed by atoms with E-state index in [0.717, 1.165) is 10.6 Å². The molecule has 0 atom stereocenters. The molecule has 0 bridgehead atoms. The van der Waals surface area contributed by atoms with Gasteiger partial charge in [-0.15, -0.1) is 11.8 Å². The molecule has 1 aliphatic rings. The van der Waals surface area contributed by atoms with Gasteiger partial charge in [0.1, 0.15) is 0 Å². The van der Waals surface area contributed by atoms with Crippen LogP contribution < -0.4 is 16.0 Å². The number of anilines is 2. The Morgan fingerprint density at radius 3 is 3.00 bits per heavy atom. The molecule has 0 unspecified atom stereocenters. The Balaban J connectivity index is 2.34. The minimum atomic E-state index is -0.533. The molecule has 3 amide bonds. The zero-order valence-electron chi connectivity index (χ0n) is 8.69. The van der Waals surface area contributed by atoms with Gasteiger partial charge in [-0.05, 0) is 18.2 Å². The molecule has 0 saturated carbocycles. The van der Waals surface area contributed by atoms with E-state index < -0.39 is 6.03 Å². The summed E-state index contributed by atoms with van der Waals surface area (Å²) < 4.78 is 0. The fourth-order valence-electron chi connectivity index (χ4n) is 1.41. The number of carbonyl (C=O) groups is 2. The zero-order valence-corrected chi connectivity index (χ0v) is 9.50. The summed E-state index contributed by atoms with van der Waals surface area (Å²) in [5.74, 6) is 0.397. The Bertz CT molecular complexity index is 461. The first-order valence-corrected chi connectivity index (χ1v) is 5.66. The first-order chi connectivity index (χ1) is 7.58. The molecule has 0 radical (unpaired) electrons. The van der Waals surface area contributed by atoms with Crippen molar-refractivity contribution in [2.75, 3.05) is 23.0 Å². The second-order valence-corrected chi connectivity index (χ2v) is 4.43. The molecule has 0 aromatic heterocycles. The molecule has 0 aliphatic carbocycles. The van der Waals surface area contributed by atoms with Crippen LogP contribution in [0.25, 0.3) is 0 Å². The van der Waals surface area contributed by atoms with E-state index in [2.05, 4.69) is 5.32 Å². The van der Waals surface area contributed by atoms with E-state index in [-0.39, 0.29) is 5.91 Å². The first-order valence-electron chi connectivity index (χ1n) is 4.68. The van der Waals surface area contributed by atoms with Crippen molar-refractivity contribution in [3.05, 3.63) is 18.2 Å². The predicted octanol–water partition coefficient (Wildman–Crippen LogP) is 1.25. The normalized spacial score (nSPS) is 13.9. The van der Waals surface area contributed by atoms with E-state index in [1.165, 1.54) is 16.7 Å². The third kappa shape index (κ3) is 1.96. The fraction of sp³-hybridized carbons (Fsp3) is 0.200. The third-order valence-corrected chi connectivity index (χ3v) is 3.39. The lowest BCUT2D eigenvalue weighted by Gasteiger charge is -2.20. The lowest BCUT2D eigenvalue weighted by Crippen LogP contribution is -2.32. The largest absolute Gasteiger partial charge is 0.351 e. The van der Waals surface area contributed by atoms with E-state index in [1.807, 2.05) is 6.07 Å². The number of thioether (sulfide) groups is 1. The van der Waals surface area contributed by atoms with Gasteiger partial charge in [-0.3, -0.25) is 9.69 Å². The maximum absolute atomic E-state index is 11.2. The van der Waals surface area contributed by atoms with Crippen LogP contribution in [0.1, 0.15) is 0 Å². The summed E-state index contributed by atoms with van der Waals surface area (Å²) in [6.45, 7) is 0. The van der Waals surface area contributed by atoms with Crippen LogP contribution in [0.4, 0.5) is 16.2 Å². The monoisotopic (exact) mass is 237 g/mol. The molecule has 0 spiro atoms. The topological polar surface area (TPSA) is 75.4 Å². The number of fused-ring (bicyclic) bond motifs is 1. The molecule has 1 heterocycles. The van der Waals surface area contributed by atoms with Crippen LogP contribution in [-0.2, 0) is 4.79 Å². The molecule has 84 valence electrons. The average molecular weight is 237 g/mol. The van der Waals surface area contributed by atoms with Gasteiger partial charge in [0.15, 0.2) is 0 Å². The highest BCUT2D eigenvalue weighted by Gasteiger charge is 2.17. The summed E-state index contributed by atoms with van der Waals surface area (Å²) >= 11 is 1.48. The molecule has 5 nitrogen and oxygen atoms in total. The molecular weight excluding hydrogens is 226 g/mol. The molecule has 0 saturated heterocycles. The minimum Gasteiger partial charge on any atom is -0.351 e. The lowest BCUT2D eigenvalue weighted by atomic mass is 10.2. The number of nitrogens with one attached hydrogen (secondary N) is 1. The van der Waals surface area contributed by atoms with Gasteiger partial charge in [0, 0.05) is 17.6 Å². The van der Waals surface area contributed by atoms with Crippen LogP contribution in [0.15, 0.2) is 23.1 Å². The van der Waals surface area contributed by atoms with Gasteiger partial charge in [-0.25, -0.2) is 4.79 Å². The average Bonchev–Trinajstić information content (AvgIpc) is 2.26. The number of urea groups is 1. The summed E-state index contributed by atoms with van der Waals surface area (Å²) in [4.78, 5) is 24.5. The maximum atomic E-state index is 11.2. The summed E-state index contributed by atoms with van der Waals surface area (Å²) in [6.07, 6.45) is 0. The number of hydrogen-bond donors (Lipinski definition) is 2. The van der Waals surface area contributed by atoms with Gasteiger partial charge in [0.2, 0.25) is 5.91 Å². The first kappa shape index (κ1) is 10.8. The predicted molar refractivity (Wildman–Crippen MR) is 63.8 cm³/mol. The lowest BCUT2D eigenvalue weighted by molar-refractivity contribution is -0.113. The van der Waals surface area contributed by atoms with Crippen LogP contribution in [0.3, 0.4) is 0 Å². The molecule has 16 heavy (non-hydrogen) atoms. The van der Waals surface area contributed by atoms with Crippen LogP contribution in [0, 0.1) is 0 Å². The van der Waals surface area contributed by atoms with Gasteiger partial charge >= 0.3 is 6.03 Å². The Morgan fingerprint density at radius 2 is 2.31 bits per heavy atom. The van der Waals surface area contributed by atoms with Gasteiger partial charge in [-0.1, -0.05) is 0 Å². The molecule has 0 fully saturated rings. The molecule has 2 rings (SSSR count). The van der Waals surface area contributed by atoms with Gasteiger partial charge in [0.05, 0.1) is 11.4 Å². The second kappa shape index (κ2) is 4.05. The Kier molecular flexibility index (Phi) is 2.74. The summed E-state index contributed by atoms with van der Waals surface area (Å²) in [5, 5.41) is 2.76. The van der Waals surface area contributed by atoms with Crippen LogP contribution >= 0.6 is 11.8 Å². The van der Waals surface area contributed by atoms with Crippen molar-refractivity contribution in [1.82, 2.24) is 0 Å². The summed E-state index contributed by atoms with van der Waals surface area (Å²) in [5.41, 5.74) is 6.56. The molecule has 6 heteroatoms. The Morgan fingerprint density at radius 1 is 1.56 bits per heavy atom. The highest BCUT2D eigenvalue weighted by atomic mass is 32.2. The number of primary amides is 1. The summed E-state index contributed by atoms with van der Waals surface area (Å²) in [7, 11) is 1.59. The van der Waals surface area contributed by atoms with Crippen LogP contribution in [0.2, 0.25) is 0 Å². The van der Waals surface area contributed by atoms with Crippen molar-refractivity contribution in [3.63, 3.8) is 0 Å². The molecule has 1 aromatic rings. The summed E-state index contributed by atoms with van der Waals surface area (Å²) in [6, 6.07) is 4.88. The number of rotatable bonds is 1. The molecular formula is C10H11N3O2S. The number of nitrogens with zero attached hydrogens (tertiary/aromatic N) is 1. The molecule has 1 aromatic carbocycles. The zero-order chi connectivity index (χ0) is 11.7. The minimum absolute atomic E-state index is 0.0311. The van der Waals surface area contributed by atoms with Crippen LogP contribution in [0.5, 0.6) is 0 Å². The SMILES string of the molecule is CN(C(N)=O)c1ccc2c(c1)NC(=O)CS2. The second-order valence-electron chi connectivity index (χ2n) is 3.41. The number of benzene rings is 1. The van der Waals surface area contributed by atoms with Crippen molar-refractivity contribution in [2.24, 2.45) is 5.73 Å². The van der Waals surface area contributed by atoms with E-state index in [9.17, 15) is 9.59 Å². The van der Waals surface area contributed by atoms with Crippen molar-refractivity contribution in [1.29, 1.82) is 0 Å². The fourth-order valence-corrected chi connectivity index (χ4v) is 2.20. The van der Waals surface area contributed by atoms with Crippen molar-refractivity contribution < 1.29 is 9.59 Å². The standard InChI is InChI=1S/C10H11N3O2S/c1-13(10(11)15)6-2-3-8-7(4-6)12-9(14)5-16-8/h2-4H,5H2,1H3,(H2,11,15)(H,12,14). The van der Waals surface area contributed by atoms with E-state index >= 15 is 0 Å². The van der Waals surface area contributed by atoms with E-state index in [0.29, 0.717) is 11.4 Å². The van der Waals surface area contributed by atoms with Gasteiger partial charge < -0.3 is 11.1 Å². The highest BCUT2D eigenvalue weighted by Crippen LogP contribution is 2.34. The van der Waals surface area contributed by atoms with Crippen molar-refractivity contribution >= 4 is 35.1 Å². The number of nitrogens with two attached hydrogens (primary N) is 1. The van der Waals surface area contributed by atoms with Crippen molar-refractivity contribution in [2.45, 2.75) is 4.90 Å². The molecule has 1 aliphatic heterocycles. The Labute approximate surface area is 97.0 Å². The van der Waals surface area contributed by atoms with E-state index in [1.54, 1.807) is 19.2 Å². The number of carbonyl (C=O) groups excluding carboxylic acids is 2. The van der Waals surface area contributed by atoms with E-state index in [4.69, 9.17) is 5.73 Å². The highest BCUT2D eigenvalue weighted by molar-refractivity contribution is 8.00. The number of amides is 3. The maximum Gasteiger partial charge on any atom is 0.318 e. The third-order valence-electron chi connectivity index (χ3n) is 2.31. The quantitative estimate of drug-likeness (QED) is 0.771. The molecule has 3 N–H and O–H groups in total. The number of hydrogen-bond acceptors (Lipinski definition) is 3. The van der Waals surface area contributed by atoms with Crippen molar-refractivity contribution in [3.8, 4) is 0 Å². The van der Waals surface area contributed by atoms with Crippen LogP contribution in [-0.4, -0.2) is 24.7 Å². The van der Waals surface area contributed by atoms with Gasteiger partial charge in [-0.2, -0.15) is 0 Å². The smallest absolute Gasteiger partial charge is 0.318 e. The Hall–Kier alpha value is -1.69. The van der Waals surface area contributed by atoms with Gasteiger partial charge in [0.25, 0.3) is 0 Å².